The van der Waals surface area contributed by atoms with Gasteiger partial charge in [-0.1, -0.05) is 41.4 Å². The highest BCUT2D eigenvalue weighted by Crippen LogP contribution is 2.68. The van der Waals surface area contributed by atoms with Crippen molar-refractivity contribution in [2.24, 2.45) is 5.41 Å². The minimum Gasteiger partial charge on any atom is -0.391 e. The summed E-state index contributed by atoms with van der Waals surface area (Å²) in [6.07, 6.45) is -0.131. The fraction of sp³-hybridized carbons (Fsp3) is 0.533. The molecule has 226 valence electrons. The SMILES string of the molecule is CC(O)[C@@H]1CC[C@@H](NC(=O)[C@@H]2NC3(CC(CF)(CF)C3)[C@@]3(C(=O)Nc4cc(Cl)ccc43)[C@H]2c2cccc(Cl)c2F)CO1. The summed E-state index contributed by atoms with van der Waals surface area (Å²) in [5.41, 5.74) is -3.34. The maximum Gasteiger partial charge on any atom is 0.238 e. The number of nitrogens with one attached hydrogen (secondary N) is 3. The average molecular weight is 627 g/mol. The number of rotatable bonds is 6. The zero-order valence-electron chi connectivity index (χ0n) is 22.9. The summed E-state index contributed by atoms with van der Waals surface area (Å²) in [5, 5.41) is 19.2. The van der Waals surface area contributed by atoms with E-state index in [1.54, 1.807) is 31.2 Å². The van der Waals surface area contributed by atoms with Crippen molar-refractivity contribution in [3.8, 4) is 0 Å². The zero-order valence-corrected chi connectivity index (χ0v) is 24.4. The van der Waals surface area contributed by atoms with Crippen molar-refractivity contribution in [2.45, 2.75) is 73.8 Å². The normalized spacial score (nSPS) is 31.5. The first-order chi connectivity index (χ1) is 20.0. The molecule has 2 aromatic rings. The van der Waals surface area contributed by atoms with Crippen LogP contribution in [-0.4, -0.2) is 66.7 Å². The molecule has 3 heterocycles. The van der Waals surface area contributed by atoms with E-state index < -0.39 is 71.5 Å². The van der Waals surface area contributed by atoms with Crippen molar-refractivity contribution < 1.29 is 32.6 Å². The Morgan fingerprint density at radius 3 is 2.57 bits per heavy atom. The van der Waals surface area contributed by atoms with Gasteiger partial charge in [0.1, 0.15) is 11.2 Å². The van der Waals surface area contributed by atoms with Gasteiger partial charge >= 0.3 is 0 Å². The monoisotopic (exact) mass is 625 g/mol. The molecule has 3 fully saturated rings. The van der Waals surface area contributed by atoms with E-state index in [1.165, 1.54) is 12.1 Å². The summed E-state index contributed by atoms with van der Waals surface area (Å²) in [7, 11) is 0. The highest BCUT2D eigenvalue weighted by atomic mass is 35.5. The maximum atomic E-state index is 15.9. The summed E-state index contributed by atoms with van der Waals surface area (Å²) in [6, 6.07) is 7.68. The van der Waals surface area contributed by atoms with Crippen LogP contribution >= 0.6 is 23.2 Å². The lowest BCUT2D eigenvalue weighted by molar-refractivity contribution is -0.131. The van der Waals surface area contributed by atoms with Crippen LogP contribution in [0.5, 0.6) is 0 Å². The number of carbonyl (C=O) groups excluding carboxylic acids is 2. The second-order valence-electron chi connectivity index (χ2n) is 12.3. The first-order valence-electron chi connectivity index (χ1n) is 14.1. The van der Waals surface area contributed by atoms with Gasteiger partial charge in [-0.05, 0) is 61.9 Å². The molecule has 12 heteroatoms. The van der Waals surface area contributed by atoms with E-state index in [-0.39, 0.29) is 36.1 Å². The third-order valence-electron chi connectivity index (χ3n) is 9.71. The van der Waals surface area contributed by atoms with Gasteiger partial charge in [-0.2, -0.15) is 0 Å². The van der Waals surface area contributed by atoms with E-state index in [4.69, 9.17) is 27.9 Å². The fourth-order valence-corrected chi connectivity index (χ4v) is 8.27. The molecular weight excluding hydrogens is 594 g/mol. The highest BCUT2D eigenvalue weighted by molar-refractivity contribution is 6.31. The lowest BCUT2D eigenvalue weighted by Gasteiger charge is -2.59. The van der Waals surface area contributed by atoms with Gasteiger partial charge in [0.2, 0.25) is 11.8 Å². The summed E-state index contributed by atoms with van der Waals surface area (Å²) in [6.45, 7) is -0.0978. The van der Waals surface area contributed by atoms with Gasteiger partial charge in [-0.25, -0.2) is 4.39 Å². The van der Waals surface area contributed by atoms with E-state index in [0.717, 1.165) is 0 Å². The molecule has 1 aliphatic carbocycles. The van der Waals surface area contributed by atoms with E-state index in [0.29, 0.717) is 29.1 Å². The second-order valence-corrected chi connectivity index (χ2v) is 13.1. The number of halogens is 5. The van der Waals surface area contributed by atoms with Gasteiger partial charge in [-0.15, -0.1) is 0 Å². The Kier molecular flexibility index (Phi) is 7.54. The minimum absolute atomic E-state index is 0.0389. The molecule has 0 radical (unpaired) electrons. The molecule has 2 amide bonds. The van der Waals surface area contributed by atoms with E-state index >= 15 is 4.39 Å². The van der Waals surface area contributed by atoms with E-state index in [2.05, 4.69) is 16.0 Å². The van der Waals surface area contributed by atoms with Crippen molar-refractivity contribution in [1.82, 2.24) is 10.6 Å². The molecule has 3 aliphatic heterocycles. The van der Waals surface area contributed by atoms with Gasteiger partial charge in [0.05, 0.1) is 49.3 Å². The predicted octanol–water partition coefficient (Wildman–Crippen LogP) is 4.58. The smallest absolute Gasteiger partial charge is 0.238 e. The molecule has 0 aromatic heterocycles. The summed E-state index contributed by atoms with van der Waals surface area (Å²) >= 11 is 12.5. The van der Waals surface area contributed by atoms with Gasteiger partial charge in [0.25, 0.3) is 0 Å². The largest absolute Gasteiger partial charge is 0.391 e. The molecule has 2 aromatic carbocycles. The number of hydrogen-bond donors (Lipinski definition) is 4. The summed E-state index contributed by atoms with van der Waals surface area (Å²) in [4.78, 5) is 28.4. The van der Waals surface area contributed by atoms with Crippen LogP contribution in [0.4, 0.5) is 18.9 Å². The quantitative estimate of drug-likeness (QED) is 0.377. The first-order valence-corrected chi connectivity index (χ1v) is 14.8. The molecule has 1 saturated carbocycles. The molecule has 7 nitrogen and oxygen atoms in total. The number of ether oxygens (including phenoxy) is 1. The number of aliphatic hydroxyl groups is 1. The average Bonchev–Trinajstić information content (AvgIpc) is 3.41. The van der Waals surface area contributed by atoms with Gasteiger partial charge in [0, 0.05) is 27.6 Å². The number of hydrogen-bond acceptors (Lipinski definition) is 5. The van der Waals surface area contributed by atoms with Crippen LogP contribution in [0.25, 0.3) is 0 Å². The van der Waals surface area contributed by atoms with E-state index in [1.807, 2.05) is 0 Å². The highest BCUT2D eigenvalue weighted by Gasteiger charge is 2.78. The van der Waals surface area contributed by atoms with Crippen molar-refractivity contribution in [3.63, 3.8) is 0 Å². The topological polar surface area (TPSA) is 99.7 Å². The van der Waals surface area contributed by atoms with Crippen LogP contribution in [0.3, 0.4) is 0 Å². The second kappa shape index (κ2) is 10.7. The first kappa shape index (κ1) is 29.7. The summed E-state index contributed by atoms with van der Waals surface area (Å²) < 4.78 is 50.2. The Balaban J connectivity index is 1.48. The van der Waals surface area contributed by atoms with Crippen LogP contribution < -0.4 is 16.0 Å². The van der Waals surface area contributed by atoms with Crippen LogP contribution in [-0.2, 0) is 19.7 Å². The van der Waals surface area contributed by atoms with Crippen molar-refractivity contribution in [2.75, 3.05) is 25.3 Å². The predicted molar refractivity (Wildman–Crippen MR) is 152 cm³/mol. The summed E-state index contributed by atoms with van der Waals surface area (Å²) in [5.74, 6) is -2.93. The Morgan fingerprint density at radius 2 is 1.93 bits per heavy atom. The fourth-order valence-electron chi connectivity index (χ4n) is 7.92. The van der Waals surface area contributed by atoms with Crippen LogP contribution in [0.2, 0.25) is 10.0 Å². The van der Waals surface area contributed by atoms with Crippen molar-refractivity contribution >= 4 is 40.7 Å². The lowest BCUT2D eigenvalue weighted by Crippen LogP contribution is -2.70. The maximum absolute atomic E-state index is 15.9. The van der Waals surface area contributed by atoms with Gasteiger partial charge in [0.15, 0.2) is 0 Å². The van der Waals surface area contributed by atoms with Crippen LogP contribution in [0.15, 0.2) is 36.4 Å². The Morgan fingerprint density at radius 1 is 1.19 bits per heavy atom. The number of carbonyl (C=O) groups is 2. The number of amides is 2. The third-order valence-corrected chi connectivity index (χ3v) is 10.2. The standard InChI is InChI=1S/C30H32Cl2F3N3O4/c1-15(39)22-8-6-17(10-42-22)36-26(40)25-23(18-3-2-4-20(32)24(18)35)30(29(38-25)11-28(12-29,13-33)14-34)19-7-5-16(31)9-21(19)37-27(30)41/h2-5,7,9,15,17,22-23,25,38-39H,6,8,10-14H2,1H3,(H,36,40)(H,37,41)/t15?,17-,22+,23+,25-,30-/m1/s1. The molecule has 1 unspecified atom stereocenters. The molecule has 6 rings (SSSR count). The molecule has 2 saturated heterocycles. The molecular formula is C30H32Cl2F3N3O4. The minimum atomic E-state index is -1.62. The molecule has 6 atom stereocenters. The van der Waals surface area contributed by atoms with Crippen molar-refractivity contribution in [3.05, 3.63) is 63.4 Å². The molecule has 2 spiro atoms. The Hall–Kier alpha value is -2.37. The number of benzene rings is 2. The number of fused-ring (bicyclic) bond motifs is 3. The lowest BCUT2D eigenvalue weighted by atomic mass is 9.46. The zero-order chi connectivity index (χ0) is 30.0. The number of anilines is 1. The molecule has 0 bridgehead atoms. The molecule has 4 aliphatic rings. The number of alkyl halides is 2. The Bertz CT molecular complexity index is 1410. The van der Waals surface area contributed by atoms with Gasteiger partial charge < -0.3 is 20.5 Å². The third kappa shape index (κ3) is 4.28. The van der Waals surface area contributed by atoms with Crippen molar-refractivity contribution in [1.29, 1.82) is 0 Å². The number of aliphatic hydroxyl groups excluding tert-OH is 1. The van der Waals surface area contributed by atoms with Gasteiger partial charge in [-0.3, -0.25) is 23.7 Å². The van der Waals surface area contributed by atoms with Crippen LogP contribution in [0, 0.1) is 11.2 Å². The molecule has 4 N–H and O–H groups in total. The van der Waals surface area contributed by atoms with E-state index in [9.17, 15) is 23.5 Å². The van der Waals surface area contributed by atoms with Crippen LogP contribution in [0.1, 0.15) is 49.7 Å². The Labute approximate surface area is 251 Å². The molecule has 42 heavy (non-hydrogen) atoms.